The zero-order valence-corrected chi connectivity index (χ0v) is 13.8. The number of nitrogens with zero attached hydrogens (tertiary/aromatic N) is 1. The number of ether oxygens (including phenoxy) is 1. The first-order valence-corrected chi connectivity index (χ1v) is 8.39. The lowest BCUT2D eigenvalue weighted by molar-refractivity contribution is 0.0664. The molecule has 1 aromatic carbocycles. The van der Waals surface area contributed by atoms with Gasteiger partial charge in [-0.2, -0.15) is 0 Å². The molecular formula is C18H30N2O. The van der Waals surface area contributed by atoms with Crippen molar-refractivity contribution in [2.24, 2.45) is 0 Å². The zero-order chi connectivity index (χ0) is 15.1. The van der Waals surface area contributed by atoms with Crippen LogP contribution in [0.4, 0.5) is 0 Å². The van der Waals surface area contributed by atoms with Crippen LogP contribution in [0, 0.1) is 0 Å². The molecule has 3 heteroatoms. The number of nitrogens with one attached hydrogen (secondary N) is 1. The fraction of sp³-hybridized carbons (Fsp3) is 0.667. The first kappa shape index (κ1) is 16.5. The second-order valence-corrected chi connectivity index (χ2v) is 6.00. The molecule has 1 N–H and O–H groups in total. The lowest BCUT2D eigenvalue weighted by Gasteiger charge is -2.28. The van der Waals surface area contributed by atoms with Crippen LogP contribution in [-0.4, -0.2) is 43.8 Å². The van der Waals surface area contributed by atoms with E-state index in [1.54, 1.807) is 0 Å². The summed E-state index contributed by atoms with van der Waals surface area (Å²) in [5.41, 5.74) is 2.80. The predicted molar refractivity (Wildman–Crippen MR) is 88.7 cm³/mol. The molecule has 0 aliphatic carbocycles. The average Bonchev–Trinajstić information content (AvgIpc) is 2.71. The Balaban J connectivity index is 2.02. The molecule has 1 aromatic rings. The molecule has 1 heterocycles. The largest absolute Gasteiger partial charge is 0.377 e. The van der Waals surface area contributed by atoms with E-state index in [-0.39, 0.29) is 0 Å². The van der Waals surface area contributed by atoms with Crippen molar-refractivity contribution in [1.82, 2.24) is 10.2 Å². The van der Waals surface area contributed by atoms with Gasteiger partial charge in [-0.1, -0.05) is 38.1 Å². The van der Waals surface area contributed by atoms with Gasteiger partial charge >= 0.3 is 0 Å². The summed E-state index contributed by atoms with van der Waals surface area (Å²) in [6, 6.07) is 9.49. The third kappa shape index (κ3) is 5.10. The van der Waals surface area contributed by atoms with Crippen LogP contribution in [-0.2, 0) is 11.2 Å². The van der Waals surface area contributed by atoms with Crippen molar-refractivity contribution in [3.05, 3.63) is 35.4 Å². The Kier molecular flexibility index (Phi) is 6.68. The monoisotopic (exact) mass is 290 g/mol. The molecule has 0 amide bonds. The number of hydrogen-bond donors (Lipinski definition) is 1. The maximum absolute atomic E-state index is 5.75. The van der Waals surface area contributed by atoms with Crippen molar-refractivity contribution in [2.75, 3.05) is 32.8 Å². The molecule has 0 aromatic heterocycles. The molecule has 0 radical (unpaired) electrons. The Morgan fingerprint density at radius 1 is 1.29 bits per heavy atom. The Bertz CT molecular complexity index is 404. The van der Waals surface area contributed by atoms with Gasteiger partial charge < -0.3 is 10.1 Å². The Morgan fingerprint density at radius 3 is 2.71 bits per heavy atom. The van der Waals surface area contributed by atoms with Crippen molar-refractivity contribution >= 4 is 0 Å². The second-order valence-electron chi connectivity index (χ2n) is 6.00. The van der Waals surface area contributed by atoms with Crippen molar-refractivity contribution in [1.29, 1.82) is 0 Å². The Hall–Kier alpha value is -0.900. The molecule has 1 saturated heterocycles. The summed E-state index contributed by atoms with van der Waals surface area (Å²) in [5, 5.41) is 3.64. The summed E-state index contributed by atoms with van der Waals surface area (Å²) in [5.74, 6) is 0. The molecule has 1 aliphatic rings. The van der Waals surface area contributed by atoms with E-state index in [2.05, 4.69) is 55.3 Å². The van der Waals surface area contributed by atoms with Crippen LogP contribution >= 0.6 is 0 Å². The molecule has 3 nitrogen and oxygen atoms in total. The van der Waals surface area contributed by atoms with Crippen LogP contribution in [0.1, 0.15) is 44.4 Å². The standard InChI is InChI=1S/C18H30N2O/c1-4-16-7-9-17(10-8-16)18(19-5-2)14-20-11-6-12-21-15(3)13-20/h7-10,15,18-19H,4-6,11-14H2,1-3H3. The van der Waals surface area contributed by atoms with E-state index in [1.807, 2.05) is 0 Å². The van der Waals surface area contributed by atoms with E-state index in [1.165, 1.54) is 11.1 Å². The van der Waals surface area contributed by atoms with Crippen LogP contribution in [0.3, 0.4) is 0 Å². The molecule has 1 aliphatic heterocycles. The number of benzene rings is 1. The van der Waals surface area contributed by atoms with Crippen LogP contribution in [0.5, 0.6) is 0 Å². The van der Waals surface area contributed by atoms with E-state index >= 15 is 0 Å². The highest BCUT2D eigenvalue weighted by molar-refractivity contribution is 5.25. The lowest BCUT2D eigenvalue weighted by atomic mass is 10.0. The molecule has 0 saturated carbocycles. The normalized spacial score (nSPS) is 22.0. The average molecular weight is 290 g/mol. The van der Waals surface area contributed by atoms with Gasteiger partial charge in [0.25, 0.3) is 0 Å². The van der Waals surface area contributed by atoms with Crippen LogP contribution in [0.25, 0.3) is 0 Å². The maximum Gasteiger partial charge on any atom is 0.0673 e. The van der Waals surface area contributed by atoms with Crippen LogP contribution in [0.2, 0.25) is 0 Å². The van der Waals surface area contributed by atoms with Gasteiger partial charge in [0, 0.05) is 32.3 Å². The maximum atomic E-state index is 5.75. The topological polar surface area (TPSA) is 24.5 Å². The van der Waals surface area contributed by atoms with Crippen LogP contribution < -0.4 is 5.32 Å². The van der Waals surface area contributed by atoms with Crippen molar-refractivity contribution < 1.29 is 4.74 Å². The molecule has 21 heavy (non-hydrogen) atoms. The van der Waals surface area contributed by atoms with Gasteiger partial charge in [-0.15, -0.1) is 0 Å². The third-order valence-corrected chi connectivity index (χ3v) is 4.22. The molecule has 118 valence electrons. The molecule has 0 bridgehead atoms. The lowest BCUT2D eigenvalue weighted by Crippen LogP contribution is -2.38. The highest BCUT2D eigenvalue weighted by atomic mass is 16.5. The smallest absolute Gasteiger partial charge is 0.0673 e. The highest BCUT2D eigenvalue weighted by Crippen LogP contribution is 2.17. The number of rotatable bonds is 6. The predicted octanol–water partition coefficient (Wildman–Crippen LogP) is 3.01. The minimum atomic E-state index is 0.345. The summed E-state index contributed by atoms with van der Waals surface area (Å²) in [4.78, 5) is 2.54. The SMILES string of the molecule is CCNC(CN1CCCOC(C)C1)c1ccc(CC)cc1. The molecular weight excluding hydrogens is 260 g/mol. The fourth-order valence-corrected chi connectivity index (χ4v) is 3.02. The van der Waals surface area contributed by atoms with Gasteiger partial charge in [-0.3, -0.25) is 4.90 Å². The first-order chi connectivity index (χ1) is 10.2. The molecule has 0 spiro atoms. The van der Waals surface area contributed by atoms with E-state index in [9.17, 15) is 0 Å². The fourth-order valence-electron chi connectivity index (χ4n) is 3.02. The van der Waals surface area contributed by atoms with Crippen molar-refractivity contribution in [3.63, 3.8) is 0 Å². The Morgan fingerprint density at radius 2 is 2.05 bits per heavy atom. The van der Waals surface area contributed by atoms with Gasteiger partial charge in [0.2, 0.25) is 0 Å². The summed E-state index contributed by atoms with van der Waals surface area (Å²) in [6.45, 7) is 11.7. The number of likely N-dealkylation sites (N-methyl/N-ethyl adjacent to an activating group) is 1. The van der Waals surface area contributed by atoms with Gasteiger partial charge in [-0.25, -0.2) is 0 Å². The summed E-state index contributed by atoms with van der Waals surface area (Å²) < 4.78 is 5.75. The number of aryl methyl sites for hydroxylation is 1. The van der Waals surface area contributed by atoms with Crippen molar-refractivity contribution in [3.8, 4) is 0 Å². The van der Waals surface area contributed by atoms with Gasteiger partial charge in [-0.05, 0) is 37.4 Å². The summed E-state index contributed by atoms with van der Waals surface area (Å²) in [6.07, 6.45) is 2.59. The van der Waals surface area contributed by atoms with Crippen molar-refractivity contribution in [2.45, 2.75) is 45.8 Å². The third-order valence-electron chi connectivity index (χ3n) is 4.22. The minimum absolute atomic E-state index is 0.345. The van der Waals surface area contributed by atoms with E-state index in [0.717, 1.165) is 45.6 Å². The van der Waals surface area contributed by atoms with E-state index in [0.29, 0.717) is 12.1 Å². The van der Waals surface area contributed by atoms with E-state index < -0.39 is 0 Å². The highest BCUT2D eigenvalue weighted by Gasteiger charge is 2.19. The minimum Gasteiger partial charge on any atom is -0.377 e. The quantitative estimate of drug-likeness (QED) is 0.871. The Labute approximate surface area is 129 Å². The molecule has 2 atom stereocenters. The second kappa shape index (κ2) is 8.52. The molecule has 2 rings (SSSR count). The molecule has 1 fully saturated rings. The number of hydrogen-bond acceptors (Lipinski definition) is 3. The van der Waals surface area contributed by atoms with Gasteiger partial charge in [0.15, 0.2) is 0 Å². The summed E-state index contributed by atoms with van der Waals surface area (Å²) in [7, 11) is 0. The van der Waals surface area contributed by atoms with Gasteiger partial charge in [0.1, 0.15) is 0 Å². The molecule has 2 unspecified atom stereocenters. The van der Waals surface area contributed by atoms with Gasteiger partial charge in [0.05, 0.1) is 6.10 Å². The zero-order valence-electron chi connectivity index (χ0n) is 13.8. The first-order valence-electron chi connectivity index (χ1n) is 8.39. The van der Waals surface area contributed by atoms with E-state index in [4.69, 9.17) is 4.74 Å². The summed E-state index contributed by atoms with van der Waals surface area (Å²) >= 11 is 0. The van der Waals surface area contributed by atoms with Crippen LogP contribution in [0.15, 0.2) is 24.3 Å².